The van der Waals surface area contributed by atoms with Crippen LogP contribution in [-0.2, 0) is 4.79 Å². The first-order valence-corrected chi connectivity index (χ1v) is 9.36. The van der Waals surface area contributed by atoms with E-state index in [2.05, 4.69) is 9.88 Å². The molecule has 0 bridgehead atoms. The van der Waals surface area contributed by atoms with Gasteiger partial charge in [0.05, 0.1) is 5.52 Å². The number of pyridine rings is 1. The van der Waals surface area contributed by atoms with E-state index >= 15 is 0 Å². The Kier molecular flexibility index (Phi) is 4.79. The molecule has 1 aromatic heterocycles. The summed E-state index contributed by atoms with van der Waals surface area (Å²) < 4.78 is 0. The van der Waals surface area contributed by atoms with E-state index in [0.717, 1.165) is 48.7 Å². The first kappa shape index (κ1) is 16.3. The molecule has 1 saturated carbocycles. The number of rotatable bonds is 3. The van der Waals surface area contributed by atoms with Gasteiger partial charge in [0.2, 0.25) is 5.91 Å². The first-order valence-electron chi connectivity index (χ1n) is 9.36. The lowest BCUT2D eigenvalue weighted by atomic mass is 10.1. The van der Waals surface area contributed by atoms with Crippen LogP contribution < -0.4 is 0 Å². The number of benzene rings is 1. The fourth-order valence-electron chi connectivity index (χ4n) is 4.11. The largest absolute Gasteiger partial charge is 0.337 e. The fourth-order valence-corrected chi connectivity index (χ4v) is 4.11. The van der Waals surface area contributed by atoms with Gasteiger partial charge in [-0.1, -0.05) is 37.1 Å². The third-order valence-corrected chi connectivity index (χ3v) is 5.54. The summed E-state index contributed by atoms with van der Waals surface area (Å²) in [4.78, 5) is 21.5. The molecule has 0 unspecified atom stereocenters. The first-order chi connectivity index (χ1) is 12.3. The van der Waals surface area contributed by atoms with E-state index < -0.39 is 0 Å². The molecule has 0 radical (unpaired) electrons. The number of amides is 1. The van der Waals surface area contributed by atoms with Crippen LogP contribution in [0.15, 0.2) is 42.6 Å². The lowest BCUT2D eigenvalue weighted by Crippen LogP contribution is -2.51. The zero-order chi connectivity index (χ0) is 17.1. The standard InChI is InChI=1S/C21H25N3O/c25-20(24-15-13-23(14-16-24)19-8-1-2-9-19)11-10-18-6-3-5-17-7-4-12-22-21(17)18/h3-7,10-12,19H,1-2,8-9,13-16H2/b11-10+. The van der Waals surface area contributed by atoms with Gasteiger partial charge in [0.25, 0.3) is 0 Å². The Hall–Kier alpha value is -2.20. The topological polar surface area (TPSA) is 36.4 Å². The van der Waals surface area contributed by atoms with E-state index in [1.807, 2.05) is 41.3 Å². The van der Waals surface area contributed by atoms with E-state index in [1.165, 1.54) is 25.7 Å². The van der Waals surface area contributed by atoms with Gasteiger partial charge in [-0.3, -0.25) is 14.7 Å². The number of piperazine rings is 1. The average Bonchev–Trinajstić information content (AvgIpc) is 3.21. The Morgan fingerprint density at radius 2 is 1.80 bits per heavy atom. The van der Waals surface area contributed by atoms with E-state index in [4.69, 9.17) is 0 Å². The van der Waals surface area contributed by atoms with Crippen molar-refractivity contribution in [1.29, 1.82) is 0 Å². The van der Waals surface area contributed by atoms with Crippen molar-refractivity contribution < 1.29 is 4.79 Å². The molecule has 1 saturated heterocycles. The maximum absolute atomic E-state index is 12.5. The number of para-hydroxylation sites is 1. The minimum Gasteiger partial charge on any atom is -0.337 e. The van der Waals surface area contributed by atoms with Crippen LogP contribution in [0.1, 0.15) is 31.2 Å². The van der Waals surface area contributed by atoms with Gasteiger partial charge in [-0.2, -0.15) is 0 Å². The molecule has 130 valence electrons. The van der Waals surface area contributed by atoms with Gasteiger partial charge in [0.1, 0.15) is 0 Å². The maximum Gasteiger partial charge on any atom is 0.246 e. The van der Waals surface area contributed by atoms with Crippen LogP contribution in [-0.4, -0.2) is 52.9 Å². The van der Waals surface area contributed by atoms with Crippen molar-refractivity contribution in [3.8, 4) is 0 Å². The minimum absolute atomic E-state index is 0.110. The van der Waals surface area contributed by atoms with E-state index in [1.54, 1.807) is 12.3 Å². The Bertz CT molecular complexity index is 766. The molecule has 1 amide bonds. The normalized spacial score (nSPS) is 19.9. The Morgan fingerprint density at radius 3 is 2.60 bits per heavy atom. The SMILES string of the molecule is O=C(/C=C/c1cccc2cccnc12)N1CCN(C2CCCC2)CC1. The number of aromatic nitrogens is 1. The quantitative estimate of drug-likeness (QED) is 0.807. The molecule has 1 aromatic carbocycles. The molecule has 2 aromatic rings. The second kappa shape index (κ2) is 7.36. The summed E-state index contributed by atoms with van der Waals surface area (Å²) in [6.45, 7) is 3.71. The van der Waals surface area contributed by atoms with E-state index in [9.17, 15) is 4.79 Å². The lowest BCUT2D eigenvalue weighted by Gasteiger charge is -2.37. The molecule has 1 aliphatic carbocycles. The highest BCUT2D eigenvalue weighted by Gasteiger charge is 2.27. The number of nitrogens with zero attached hydrogens (tertiary/aromatic N) is 3. The molecule has 4 rings (SSSR count). The molecule has 0 spiro atoms. The van der Waals surface area contributed by atoms with E-state index in [0.29, 0.717) is 0 Å². The summed E-state index contributed by atoms with van der Waals surface area (Å²) in [5, 5.41) is 1.10. The smallest absolute Gasteiger partial charge is 0.246 e. The zero-order valence-corrected chi connectivity index (χ0v) is 14.6. The summed E-state index contributed by atoms with van der Waals surface area (Å²) in [5.74, 6) is 0.110. The maximum atomic E-state index is 12.5. The number of fused-ring (bicyclic) bond motifs is 1. The van der Waals surface area contributed by atoms with Crippen molar-refractivity contribution in [1.82, 2.24) is 14.8 Å². The van der Waals surface area contributed by atoms with Crippen molar-refractivity contribution in [2.45, 2.75) is 31.7 Å². The van der Waals surface area contributed by atoms with Crippen molar-refractivity contribution >= 4 is 22.9 Å². The Labute approximate surface area is 149 Å². The van der Waals surface area contributed by atoms with Crippen LogP contribution in [0.2, 0.25) is 0 Å². The van der Waals surface area contributed by atoms with Gasteiger partial charge >= 0.3 is 0 Å². The van der Waals surface area contributed by atoms with E-state index in [-0.39, 0.29) is 5.91 Å². The van der Waals surface area contributed by atoms with Gasteiger partial charge in [0, 0.05) is 55.4 Å². The van der Waals surface area contributed by atoms with Gasteiger partial charge in [0.15, 0.2) is 0 Å². The number of carbonyl (C=O) groups excluding carboxylic acids is 1. The van der Waals surface area contributed by atoms with Crippen LogP contribution >= 0.6 is 0 Å². The highest BCUT2D eigenvalue weighted by Crippen LogP contribution is 2.24. The summed E-state index contributed by atoms with van der Waals surface area (Å²) in [7, 11) is 0. The van der Waals surface area contributed by atoms with Gasteiger partial charge in [-0.25, -0.2) is 0 Å². The van der Waals surface area contributed by atoms with Crippen LogP contribution in [0, 0.1) is 0 Å². The molecule has 2 fully saturated rings. The number of hydrogen-bond donors (Lipinski definition) is 0. The number of hydrogen-bond acceptors (Lipinski definition) is 3. The average molecular weight is 335 g/mol. The second-order valence-corrected chi connectivity index (χ2v) is 7.06. The molecule has 25 heavy (non-hydrogen) atoms. The fraction of sp³-hybridized carbons (Fsp3) is 0.429. The molecule has 2 heterocycles. The molecule has 1 aliphatic heterocycles. The van der Waals surface area contributed by atoms with Crippen molar-refractivity contribution in [2.24, 2.45) is 0 Å². The van der Waals surface area contributed by atoms with Gasteiger partial charge in [-0.15, -0.1) is 0 Å². The predicted octanol–water partition coefficient (Wildman–Crippen LogP) is 3.33. The van der Waals surface area contributed by atoms with Crippen molar-refractivity contribution in [3.05, 3.63) is 48.2 Å². The van der Waals surface area contributed by atoms with Crippen LogP contribution in [0.5, 0.6) is 0 Å². The van der Waals surface area contributed by atoms with Crippen molar-refractivity contribution in [2.75, 3.05) is 26.2 Å². The molecule has 2 aliphatic rings. The van der Waals surface area contributed by atoms with Crippen molar-refractivity contribution in [3.63, 3.8) is 0 Å². The highest BCUT2D eigenvalue weighted by molar-refractivity contribution is 5.95. The molecular formula is C21H25N3O. The molecule has 4 heteroatoms. The minimum atomic E-state index is 0.110. The molecule has 4 nitrogen and oxygen atoms in total. The molecular weight excluding hydrogens is 310 g/mol. The van der Waals surface area contributed by atoms with Crippen LogP contribution in [0.3, 0.4) is 0 Å². The van der Waals surface area contributed by atoms with Gasteiger partial charge < -0.3 is 4.90 Å². The van der Waals surface area contributed by atoms with Crippen LogP contribution in [0.4, 0.5) is 0 Å². The summed E-state index contributed by atoms with van der Waals surface area (Å²) >= 11 is 0. The highest BCUT2D eigenvalue weighted by atomic mass is 16.2. The monoisotopic (exact) mass is 335 g/mol. The predicted molar refractivity (Wildman–Crippen MR) is 101 cm³/mol. The summed E-state index contributed by atoms with van der Waals surface area (Å²) in [5.41, 5.74) is 1.94. The van der Waals surface area contributed by atoms with Gasteiger partial charge in [-0.05, 0) is 25.0 Å². The molecule has 0 N–H and O–H groups in total. The summed E-state index contributed by atoms with van der Waals surface area (Å²) in [6, 6.07) is 10.8. The zero-order valence-electron chi connectivity index (χ0n) is 14.6. The third-order valence-electron chi connectivity index (χ3n) is 5.54. The second-order valence-electron chi connectivity index (χ2n) is 7.06. The molecule has 0 atom stereocenters. The Morgan fingerprint density at radius 1 is 1.04 bits per heavy atom. The summed E-state index contributed by atoms with van der Waals surface area (Å²) in [6.07, 6.45) is 10.8. The lowest BCUT2D eigenvalue weighted by molar-refractivity contribution is -0.127. The Balaban J connectivity index is 1.39. The van der Waals surface area contributed by atoms with Crippen LogP contribution in [0.25, 0.3) is 17.0 Å². The number of carbonyl (C=O) groups is 1. The third kappa shape index (κ3) is 3.59.